The first kappa shape index (κ1) is 10.9. The summed E-state index contributed by atoms with van der Waals surface area (Å²) in [5.74, 6) is 0. The van der Waals surface area contributed by atoms with Crippen molar-refractivity contribution < 1.29 is 13.6 Å². The smallest absolute Gasteiger partial charge is 0.287 e. The topological polar surface area (TPSA) is 97.0 Å². The lowest BCUT2D eigenvalue weighted by Crippen LogP contribution is -2.02. The van der Waals surface area contributed by atoms with Gasteiger partial charge in [0.1, 0.15) is 38.8 Å². The first-order valence-corrected chi connectivity index (χ1v) is 5.51. The third kappa shape index (κ3) is 3.23. The fraction of sp³-hybridized carbons (Fsp3) is 0.333. The summed E-state index contributed by atoms with van der Waals surface area (Å²) >= 11 is 0. The fourth-order valence-electron chi connectivity index (χ4n) is 0.878. The second kappa shape index (κ2) is 5.50. The van der Waals surface area contributed by atoms with Gasteiger partial charge in [-0.2, -0.15) is 10.2 Å². The van der Waals surface area contributed by atoms with E-state index in [1.165, 1.54) is 34.7 Å². The van der Waals surface area contributed by atoms with Gasteiger partial charge in [-0.3, -0.25) is 13.6 Å². The largest absolute Gasteiger partial charge is 0.322 e. The zero-order valence-corrected chi connectivity index (χ0v) is 9.13. The Morgan fingerprint density at radius 2 is 1.50 bits per heavy atom. The van der Waals surface area contributed by atoms with Crippen LogP contribution in [0.4, 0.5) is 0 Å². The molecule has 2 aromatic rings. The van der Waals surface area contributed by atoms with Crippen LogP contribution in [0.3, 0.4) is 0 Å². The van der Waals surface area contributed by atoms with Gasteiger partial charge in [-0.25, -0.2) is 19.3 Å². The molecule has 0 amide bonds. The molecule has 2 rings (SSSR count). The van der Waals surface area contributed by atoms with Crippen LogP contribution in [0, 0.1) is 0 Å². The van der Waals surface area contributed by atoms with Gasteiger partial charge in [-0.1, -0.05) is 0 Å². The summed E-state index contributed by atoms with van der Waals surface area (Å²) in [4.78, 5) is 7.41. The Morgan fingerprint density at radius 1 is 1.00 bits per heavy atom. The second-order valence-corrected chi connectivity index (χ2v) is 3.74. The number of hydrogen-bond acceptors (Lipinski definition) is 7. The van der Waals surface area contributed by atoms with Gasteiger partial charge in [0.15, 0.2) is 0 Å². The third-order valence-electron chi connectivity index (χ3n) is 1.56. The molecule has 0 unspecified atom stereocenters. The number of rotatable bonds is 6. The molecule has 0 saturated heterocycles. The number of aromatic nitrogens is 6. The van der Waals surface area contributed by atoms with Crippen LogP contribution in [0.2, 0.25) is 0 Å². The van der Waals surface area contributed by atoms with E-state index in [-0.39, 0.29) is 13.5 Å². The van der Waals surface area contributed by atoms with E-state index >= 15 is 0 Å². The Morgan fingerprint density at radius 3 is 1.88 bits per heavy atom. The van der Waals surface area contributed by atoms with E-state index in [0.29, 0.717) is 0 Å². The van der Waals surface area contributed by atoms with E-state index in [1.54, 1.807) is 0 Å². The quantitative estimate of drug-likeness (QED) is 0.655. The molecule has 0 saturated carbocycles. The molecule has 9 nitrogen and oxygen atoms in total. The van der Waals surface area contributed by atoms with Gasteiger partial charge in [0.25, 0.3) is 0 Å². The molecule has 0 radical (unpaired) electrons. The minimum atomic E-state index is -2.57. The summed E-state index contributed by atoms with van der Waals surface area (Å²) in [6.45, 7) is 0.0737. The third-order valence-corrected chi connectivity index (χ3v) is 2.29. The summed E-state index contributed by atoms with van der Waals surface area (Å²) in [5.41, 5.74) is 0. The SMILES string of the molecule is O=[PH](OCn1cncn1)OCn1cncn1. The molecule has 16 heavy (non-hydrogen) atoms. The monoisotopic (exact) mass is 244 g/mol. The molecule has 0 atom stereocenters. The van der Waals surface area contributed by atoms with Gasteiger partial charge in [0, 0.05) is 0 Å². The average molecular weight is 244 g/mol. The van der Waals surface area contributed by atoms with Gasteiger partial charge in [-0.15, -0.1) is 0 Å². The van der Waals surface area contributed by atoms with Gasteiger partial charge in [-0.05, 0) is 0 Å². The molecule has 86 valence electrons. The van der Waals surface area contributed by atoms with Gasteiger partial charge in [0.2, 0.25) is 0 Å². The maximum Gasteiger partial charge on any atom is 0.322 e. The summed E-state index contributed by atoms with van der Waals surface area (Å²) in [7, 11) is -2.57. The molecule has 0 N–H and O–H groups in total. The van der Waals surface area contributed by atoms with Crippen LogP contribution < -0.4 is 0 Å². The molecule has 0 aromatic carbocycles. The normalized spacial score (nSPS) is 11.1. The van der Waals surface area contributed by atoms with Gasteiger partial charge < -0.3 is 0 Å². The van der Waals surface area contributed by atoms with E-state index in [4.69, 9.17) is 9.05 Å². The summed E-state index contributed by atoms with van der Waals surface area (Å²) < 4.78 is 23.8. The van der Waals surface area contributed by atoms with Crippen molar-refractivity contribution in [3.05, 3.63) is 25.3 Å². The summed E-state index contributed by atoms with van der Waals surface area (Å²) in [5, 5.41) is 7.55. The van der Waals surface area contributed by atoms with Crippen LogP contribution in [0.5, 0.6) is 0 Å². The highest BCUT2D eigenvalue weighted by atomic mass is 31.1. The van der Waals surface area contributed by atoms with Gasteiger partial charge in [0.05, 0.1) is 0 Å². The van der Waals surface area contributed by atoms with Crippen LogP contribution in [0.25, 0.3) is 0 Å². The van der Waals surface area contributed by atoms with E-state index in [1.807, 2.05) is 0 Å². The number of hydrogen-bond donors (Lipinski definition) is 0. The average Bonchev–Trinajstić information content (AvgIpc) is 2.96. The van der Waals surface area contributed by atoms with E-state index < -0.39 is 8.25 Å². The Bertz CT molecular complexity index is 389. The second-order valence-electron chi connectivity index (χ2n) is 2.67. The molecule has 0 aliphatic heterocycles. The molecule has 0 bridgehead atoms. The van der Waals surface area contributed by atoms with Crippen molar-refractivity contribution in [2.45, 2.75) is 13.5 Å². The molecule has 0 spiro atoms. The van der Waals surface area contributed by atoms with E-state index in [2.05, 4.69) is 20.2 Å². The Labute approximate surface area is 91.0 Å². The van der Waals surface area contributed by atoms with E-state index in [0.717, 1.165) is 0 Å². The molecule has 0 aliphatic carbocycles. The van der Waals surface area contributed by atoms with Crippen molar-refractivity contribution in [2.24, 2.45) is 0 Å². The summed E-state index contributed by atoms with van der Waals surface area (Å²) in [6, 6.07) is 0. The summed E-state index contributed by atoms with van der Waals surface area (Å²) in [6.07, 6.45) is 5.62. The molecule has 0 aliphatic rings. The molecular formula is C6H9N6O3P. The van der Waals surface area contributed by atoms with Crippen LogP contribution >= 0.6 is 8.25 Å². The predicted molar refractivity (Wildman–Crippen MR) is 51.2 cm³/mol. The van der Waals surface area contributed by atoms with Crippen LogP contribution in [-0.2, 0) is 27.1 Å². The van der Waals surface area contributed by atoms with Crippen molar-refractivity contribution in [1.82, 2.24) is 29.5 Å². The standard InChI is InChI=1S/C6H9N6O3P/c13-16(14-5-11-3-7-1-9-11)15-6-12-4-8-2-10-12/h1-4,16H,5-6H2. The zero-order chi connectivity index (χ0) is 11.2. The lowest BCUT2D eigenvalue weighted by Gasteiger charge is -2.04. The van der Waals surface area contributed by atoms with Gasteiger partial charge >= 0.3 is 8.25 Å². The van der Waals surface area contributed by atoms with Crippen LogP contribution in [0.15, 0.2) is 25.3 Å². The molecule has 2 aromatic heterocycles. The van der Waals surface area contributed by atoms with Crippen LogP contribution in [-0.4, -0.2) is 29.5 Å². The predicted octanol–water partition coefficient (Wildman–Crippen LogP) is -0.0923. The zero-order valence-electron chi connectivity index (χ0n) is 8.13. The maximum absolute atomic E-state index is 11.3. The van der Waals surface area contributed by atoms with Crippen LogP contribution in [0.1, 0.15) is 0 Å². The molecule has 0 fully saturated rings. The van der Waals surface area contributed by atoms with E-state index in [9.17, 15) is 4.57 Å². The van der Waals surface area contributed by atoms with Crippen molar-refractivity contribution in [1.29, 1.82) is 0 Å². The van der Waals surface area contributed by atoms with Crippen molar-refractivity contribution in [2.75, 3.05) is 0 Å². The highest BCUT2D eigenvalue weighted by Gasteiger charge is 2.01. The highest BCUT2D eigenvalue weighted by Crippen LogP contribution is 2.24. The molecule has 10 heteroatoms. The van der Waals surface area contributed by atoms with Crippen molar-refractivity contribution in [3.63, 3.8) is 0 Å². The Balaban J connectivity index is 1.69. The van der Waals surface area contributed by atoms with Crippen molar-refractivity contribution >= 4 is 8.25 Å². The highest BCUT2D eigenvalue weighted by molar-refractivity contribution is 7.33. The first-order valence-electron chi connectivity index (χ1n) is 4.29. The molecular weight excluding hydrogens is 235 g/mol. The Hall–Kier alpha value is -1.57. The number of nitrogens with zero attached hydrogens (tertiary/aromatic N) is 6. The Kier molecular flexibility index (Phi) is 3.76. The lowest BCUT2D eigenvalue weighted by atomic mass is 11.2. The molecule has 2 heterocycles. The minimum absolute atomic E-state index is 0.0369. The maximum atomic E-state index is 11.3. The van der Waals surface area contributed by atoms with Crippen molar-refractivity contribution in [3.8, 4) is 0 Å². The fourth-order valence-corrected chi connectivity index (χ4v) is 1.44. The first-order chi connectivity index (χ1) is 7.84. The lowest BCUT2D eigenvalue weighted by molar-refractivity contribution is 0.145. The minimum Gasteiger partial charge on any atom is -0.287 e.